The van der Waals surface area contributed by atoms with Crippen LogP contribution in [0.4, 0.5) is 10.3 Å². The minimum Gasteiger partial charge on any atom is -0.508 e. The smallest absolute Gasteiger partial charge is 0.353 e. The Bertz CT molecular complexity index is 1070. The molecule has 0 radical (unpaired) electrons. The Balaban J connectivity index is 2.17. The number of aromatic hydroxyl groups is 1. The molecule has 1 aromatic heterocycles. The minimum atomic E-state index is -3.42. The van der Waals surface area contributed by atoms with E-state index in [1.165, 1.54) is 24.3 Å². The number of hydrogen-bond acceptors (Lipinski definition) is 12. The van der Waals surface area contributed by atoms with E-state index >= 15 is 0 Å². The molecule has 1 saturated heterocycles. The zero-order chi connectivity index (χ0) is 23.8. The number of halogens is 1. The quantitative estimate of drug-likeness (QED) is 0.124. The third-order valence-corrected chi connectivity index (χ3v) is 5.05. The van der Waals surface area contributed by atoms with Crippen LogP contribution in [0.15, 0.2) is 35.3 Å². The molecule has 2 heterocycles. The lowest BCUT2D eigenvalue weighted by Crippen LogP contribution is -2.68. The molecule has 2 aromatic rings. The van der Waals surface area contributed by atoms with Gasteiger partial charge in [0, 0.05) is 6.20 Å². The fourth-order valence-electron chi connectivity index (χ4n) is 3.37. The van der Waals surface area contributed by atoms with Crippen LogP contribution < -0.4 is 17.0 Å². The molecule has 1 amide bonds. The molecule has 0 aliphatic carbocycles. The Morgan fingerprint density at radius 1 is 1.34 bits per heavy atom. The first-order valence-electron chi connectivity index (χ1n) is 8.96. The van der Waals surface area contributed by atoms with Gasteiger partial charge in [-0.1, -0.05) is 16.6 Å². The number of anilines is 1. The number of aliphatic hydroxyl groups is 4. The second kappa shape index (κ2) is 8.40. The van der Waals surface area contributed by atoms with Crippen LogP contribution in [-0.4, -0.2) is 75.8 Å². The number of hydrogen-bond donors (Lipinski definition) is 8. The summed E-state index contributed by atoms with van der Waals surface area (Å²) in [5.74, 6) is -5.93. The predicted octanol–water partition coefficient (Wildman–Crippen LogP) is -2.92. The first-order chi connectivity index (χ1) is 15.0. The van der Waals surface area contributed by atoms with Crippen molar-refractivity contribution in [3.05, 3.63) is 52.1 Å². The molecule has 1 aromatic carbocycles. The lowest BCUT2D eigenvalue weighted by Gasteiger charge is -2.42. The third-order valence-electron chi connectivity index (χ3n) is 5.05. The van der Waals surface area contributed by atoms with Crippen LogP contribution >= 0.6 is 0 Å². The Morgan fingerprint density at radius 3 is 2.53 bits per heavy atom. The average molecular weight is 457 g/mol. The number of amides is 1. The molecule has 4 atom stereocenters. The number of aliphatic hydroxyl groups excluding tert-OH is 2. The molecular formula is C17H20FN5O9. The van der Waals surface area contributed by atoms with Gasteiger partial charge in [0.25, 0.3) is 5.91 Å². The molecule has 15 heteroatoms. The van der Waals surface area contributed by atoms with Gasteiger partial charge in [-0.05, 0) is 17.7 Å². The number of hydroxylamine groups is 2. The summed E-state index contributed by atoms with van der Waals surface area (Å²) >= 11 is 0. The van der Waals surface area contributed by atoms with Crippen molar-refractivity contribution in [2.75, 3.05) is 12.3 Å². The lowest BCUT2D eigenvalue weighted by molar-refractivity contribution is -0.413. The number of nitrogens with one attached hydrogen (secondary N) is 1. The first-order valence-corrected chi connectivity index (χ1v) is 8.96. The van der Waals surface area contributed by atoms with Gasteiger partial charge in [0.15, 0.2) is 0 Å². The van der Waals surface area contributed by atoms with E-state index in [1.54, 1.807) is 0 Å². The van der Waals surface area contributed by atoms with Crippen LogP contribution in [0.5, 0.6) is 5.75 Å². The number of carbonyl (C=O) groups excluding carboxylic acids is 1. The number of ether oxygens (including phenoxy) is 1. The van der Waals surface area contributed by atoms with Crippen molar-refractivity contribution in [3.8, 4) is 5.75 Å². The highest BCUT2D eigenvalue weighted by molar-refractivity contribution is 5.97. The average Bonchev–Trinajstić information content (AvgIpc) is 2.96. The van der Waals surface area contributed by atoms with E-state index in [2.05, 4.69) is 4.98 Å². The number of nitrogens with zero attached hydrogens (tertiary/aromatic N) is 3. The van der Waals surface area contributed by atoms with Gasteiger partial charge in [-0.15, -0.1) is 5.06 Å². The summed E-state index contributed by atoms with van der Waals surface area (Å²) in [6.45, 7) is -1.60. The molecule has 1 fully saturated rings. The van der Waals surface area contributed by atoms with Gasteiger partial charge in [0.1, 0.15) is 29.3 Å². The number of phenols is 1. The molecule has 9 N–H and O–H groups in total. The normalized spacial score (nSPS) is 27.6. The Kier molecular flexibility index (Phi) is 6.16. The van der Waals surface area contributed by atoms with E-state index in [1.807, 2.05) is 0 Å². The van der Waals surface area contributed by atoms with Crippen LogP contribution in [-0.2, 0) is 17.2 Å². The van der Waals surface area contributed by atoms with Crippen molar-refractivity contribution in [2.45, 2.75) is 30.4 Å². The van der Waals surface area contributed by atoms with E-state index in [0.29, 0.717) is 6.20 Å². The molecule has 0 spiro atoms. The van der Waals surface area contributed by atoms with Crippen molar-refractivity contribution in [1.29, 1.82) is 0 Å². The Labute approximate surface area is 178 Å². The Morgan fingerprint density at radius 2 is 1.97 bits per heavy atom. The minimum absolute atomic E-state index is 0.00743. The largest absolute Gasteiger partial charge is 0.508 e. The maximum absolute atomic E-state index is 12.6. The van der Waals surface area contributed by atoms with Gasteiger partial charge in [0.2, 0.25) is 5.72 Å². The van der Waals surface area contributed by atoms with E-state index in [4.69, 9.17) is 10.5 Å². The van der Waals surface area contributed by atoms with Crippen LogP contribution in [0.2, 0.25) is 0 Å². The molecule has 174 valence electrons. The van der Waals surface area contributed by atoms with Crippen LogP contribution in [0.3, 0.4) is 0 Å². The number of carbonyl (C=O) groups is 1. The van der Waals surface area contributed by atoms with Gasteiger partial charge < -0.3 is 41.2 Å². The molecule has 1 aliphatic rings. The summed E-state index contributed by atoms with van der Waals surface area (Å²) in [6, 6.07) is 5.17. The zero-order valence-corrected chi connectivity index (χ0v) is 16.2. The van der Waals surface area contributed by atoms with Crippen LogP contribution in [0, 0.1) is 0 Å². The fourth-order valence-corrected chi connectivity index (χ4v) is 3.37. The summed E-state index contributed by atoms with van der Waals surface area (Å²) in [7, 11) is 0. The van der Waals surface area contributed by atoms with E-state index < -0.39 is 60.0 Å². The van der Waals surface area contributed by atoms with Crippen molar-refractivity contribution < 1.29 is 44.8 Å². The number of nitrogen functional groups attached to an aromatic ring is 1. The third kappa shape index (κ3) is 3.47. The summed E-state index contributed by atoms with van der Waals surface area (Å²) in [4.78, 5) is 27.4. The van der Waals surface area contributed by atoms with Crippen molar-refractivity contribution in [3.63, 3.8) is 0 Å². The highest BCUT2D eigenvalue weighted by Gasteiger charge is 2.70. The zero-order valence-electron chi connectivity index (χ0n) is 16.2. The van der Waals surface area contributed by atoms with Crippen molar-refractivity contribution in [1.82, 2.24) is 20.2 Å². The van der Waals surface area contributed by atoms with E-state index in [9.17, 15) is 44.8 Å². The predicted molar refractivity (Wildman–Crippen MR) is 100 cm³/mol. The number of benzene rings is 1. The van der Waals surface area contributed by atoms with Crippen molar-refractivity contribution in [2.24, 2.45) is 0 Å². The molecule has 3 rings (SSSR count). The maximum Gasteiger partial charge on any atom is 0.353 e. The molecular weight excluding hydrogens is 437 g/mol. The summed E-state index contributed by atoms with van der Waals surface area (Å²) in [6.07, 6.45) is -3.41. The van der Waals surface area contributed by atoms with Crippen LogP contribution in [0.25, 0.3) is 0 Å². The summed E-state index contributed by atoms with van der Waals surface area (Å²) < 4.78 is 17.8. The highest BCUT2D eigenvalue weighted by Crippen LogP contribution is 2.44. The molecule has 0 saturated carbocycles. The molecule has 32 heavy (non-hydrogen) atoms. The Hall–Kier alpha value is -3.18. The van der Waals surface area contributed by atoms with Crippen molar-refractivity contribution >= 4 is 11.7 Å². The topological polar surface area (TPSA) is 224 Å². The SMILES string of the molecule is Nc1c(C(=O)NF)cnc(=O)n1[C@]1(O)O[C@H](CO)[C@@H](O)[C@]1(O)N(O)Cc1ccc(O)cc1. The number of rotatable bonds is 6. The van der Waals surface area contributed by atoms with Gasteiger partial charge in [-0.2, -0.15) is 5.54 Å². The maximum atomic E-state index is 12.6. The summed E-state index contributed by atoms with van der Waals surface area (Å²) in [5, 5.41) is 62.5. The first kappa shape index (κ1) is 23.5. The molecule has 14 nitrogen and oxygen atoms in total. The standard InChI is InChI=1S/C17H20FN5O9/c18-21-14(27)10-5-20-15(28)23(13(10)19)17(30)16(29,12(26)11(7-24)32-17)22(31)6-8-1-3-9(25)4-2-8/h1-5,11-12,24-26,29-31H,6-7,19H2,(H,21,27)/t11-,12-,16-,17-/m1/s1. The number of aromatic nitrogens is 2. The lowest BCUT2D eigenvalue weighted by atomic mass is 10.00. The van der Waals surface area contributed by atoms with E-state index in [0.717, 1.165) is 5.54 Å². The number of phenolic OH excluding ortho intramolecular Hbond substituents is 1. The highest BCUT2D eigenvalue weighted by atomic mass is 19.2. The molecule has 0 bridgehead atoms. The fraction of sp³-hybridized carbons (Fsp3) is 0.353. The monoisotopic (exact) mass is 457 g/mol. The second-order valence-corrected chi connectivity index (χ2v) is 6.94. The molecule has 0 unspecified atom stereocenters. The van der Waals surface area contributed by atoms with E-state index in [-0.39, 0.29) is 20.9 Å². The van der Waals surface area contributed by atoms with Gasteiger partial charge in [-0.3, -0.25) is 4.79 Å². The molecule has 1 aliphatic heterocycles. The summed E-state index contributed by atoms with van der Waals surface area (Å²) in [5.41, 5.74) is 1.29. The van der Waals surface area contributed by atoms with Gasteiger partial charge >= 0.3 is 11.6 Å². The van der Waals surface area contributed by atoms with Gasteiger partial charge in [-0.25, -0.2) is 14.3 Å². The van der Waals surface area contributed by atoms with Gasteiger partial charge in [0.05, 0.1) is 13.2 Å². The second-order valence-electron chi connectivity index (χ2n) is 6.94. The van der Waals surface area contributed by atoms with Crippen LogP contribution in [0.1, 0.15) is 15.9 Å². The number of nitrogens with two attached hydrogens (primary N) is 1.